The summed E-state index contributed by atoms with van der Waals surface area (Å²) in [6.45, 7) is 2.65. The molecule has 0 saturated carbocycles. The first-order chi connectivity index (χ1) is 6.45. The molecule has 72 valence electrons. The van der Waals surface area contributed by atoms with Gasteiger partial charge in [-0.3, -0.25) is 5.32 Å². The van der Waals surface area contributed by atoms with E-state index < -0.39 is 0 Å². The van der Waals surface area contributed by atoms with E-state index in [-0.39, 0.29) is 6.23 Å². The predicted octanol–water partition coefficient (Wildman–Crippen LogP) is 0.742. The molecule has 1 aromatic rings. The Bertz CT molecular complexity index is 229. The van der Waals surface area contributed by atoms with Crippen LogP contribution in [0, 0.1) is 0 Å². The van der Waals surface area contributed by atoms with Gasteiger partial charge in [-0.2, -0.15) is 0 Å². The molecule has 1 N–H and O–H groups in total. The smallest absolute Gasteiger partial charge is 0.132 e. The lowest BCUT2D eigenvalue weighted by molar-refractivity contribution is -0.102. The van der Waals surface area contributed by atoms with Crippen molar-refractivity contribution in [3.63, 3.8) is 0 Å². The highest BCUT2D eigenvalue weighted by molar-refractivity contribution is 4.97. The quantitative estimate of drug-likeness (QED) is 0.750. The van der Waals surface area contributed by atoms with E-state index in [1.807, 2.05) is 12.1 Å². The van der Waals surface area contributed by atoms with E-state index in [4.69, 9.17) is 13.9 Å². The first-order valence-electron chi connectivity index (χ1n) is 4.40. The highest BCUT2D eigenvalue weighted by atomic mass is 16.6. The van der Waals surface area contributed by atoms with Gasteiger partial charge in [0.25, 0.3) is 0 Å². The van der Waals surface area contributed by atoms with Crippen LogP contribution < -0.4 is 5.32 Å². The lowest BCUT2D eigenvalue weighted by Crippen LogP contribution is -2.40. The number of rotatable bonds is 3. The monoisotopic (exact) mass is 183 g/mol. The topological polar surface area (TPSA) is 43.6 Å². The van der Waals surface area contributed by atoms with Gasteiger partial charge in [0, 0.05) is 0 Å². The first kappa shape index (κ1) is 8.74. The number of ether oxygens (including phenoxy) is 2. The van der Waals surface area contributed by atoms with Crippen molar-refractivity contribution in [2.75, 3.05) is 19.8 Å². The van der Waals surface area contributed by atoms with Crippen LogP contribution in [0.3, 0.4) is 0 Å². The van der Waals surface area contributed by atoms with Crippen molar-refractivity contribution in [3.8, 4) is 0 Å². The van der Waals surface area contributed by atoms with Gasteiger partial charge in [0.15, 0.2) is 0 Å². The first-order valence-corrected chi connectivity index (χ1v) is 4.40. The standard InChI is InChI=1S/C9H13NO3/c1-2-8(12-3-1)6-10-9-7-11-4-5-13-9/h1-3,9-10H,4-7H2. The van der Waals surface area contributed by atoms with Gasteiger partial charge in [0.2, 0.25) is 0 Å². The lowest BCUT2D eigenvalue weighted by atomic mass is 10.4. The molecule has 2 rings (SSSR count). The Kier molecular flexibility index (Phi) is 2.97. The molecule has 1 fully saturated rings. The van der Waals surface area contributed by atoms with Crippen molar-refractivity contribution in [1.82, 2.24) is 5.32 Å². The minimum Gasteiger partial charge on any atom is -0.468 e. The van der Waals surface area contributed by atoms with E-state index in [1.165, 1.54) is 0 Å². The number of hydrogen-bond acceptors (Lipinski definition) is 4. The van der Waals surface area contributed by atoms with Crippen LogP contribution in [-0.4, -0.2) is 26.0 Å². The maximum Gasteiger partial charge on any atom is 0.132 e. The minimum atomic E-state index is -0.00106. The second-order valence-corrected chi connectivity index (χ2v) is 2.89. The van der Waals surface area contributed by atoms with Gasteiger partial charge in [0.1, 0.15) is 12.0 Å². The zero-order valence-corrected chi connectivity index (χ0v) is 7.36. The van der Waals surface area contributed by atoms with Crippen LogP contribution in [0.2, 0.25) is 0 Å². The van der Waals surface area contributed by atoms with Crippen molar-refractivity contribution < 1.29 is 13.9 Å². The third-order valence-electron chi connectivity index (χ3n) is 1.90. The maximum absolute atomic E-state index is 5.40. The largest absolute Gasteiger partial charge is 0.468 e. The third-order valence-corrected chi connectivity index (χ3v) is 1.90. The molecule has 1 aliphatic heterocycles. The molecule has 4 heteroatoms. The van der Waals surface area contributed by atoms with E-state index in [2.05, 4.69) is 5.32 Å². The molecule has 1 aliphatic rings. The summed E-state index contributed by atoms with van der Waals surface area (Å²) in [4.78, 5) is 0. The molecule has 13 heavy (non-hydrogen) atoms. The van der Waals surface area contributed by atoms with Gasteiger partial charge in [-0.15, -0.1) is 0 Å². The van der Waals surface area contributed by atoms with Crippen LogP contribution in [0.4, 0.5) is 0 Å². The second kappa shape index (κ2) is 4.41. The molecule has 1 atom stereocenters. The molecular weight excluding hydrogens is 170 g/mol. The Morgan fingerprint density at radius 3 is 3.15 bits per heavy atom. The van der Waals surface area contributed by atoms with Crippen molar-refractivity contribution >= 4 is 0 Å². The molecule has 0 aromatic carbocycles. The molecule has 1 unspecified atom stereocenters. The Morgan fingerprint density at radius 2 is 2.46 bits per heavy atom. The second-order valence-electron chi connectivity index (χ2n) is 2.89. The molecule has 2 heterocycles. The molecule has 0 radical (unpaired) electrons. The Morgan fingerprint density at radius 1 is 1.46 bits per heavy atom. The van der Waals surface area contributed by atoms with Gasteiger partial charge in [-0.25, -0.2) is 0 Å². The van der Waals surface area contributed by atoms with Gasteiger partial charge >= 0.3 is 0 Å². The van der Waals surface area contributed by atoms with Gasteiger partial charge in [-0.05, 0) is 12.1 Å². The summed E-state index contributed by atoms with van der Waals surface area (Å²) in [6.07, 6.45) is 1.66. The summed E-state index contributed by atoms with van der Waals surface area (Å²) < 4.78 is 15.8. The van der Waals surface area contributed by atoms with Crippen LogP contribution in [0.25, 0.3) is 0 Å². The van der Waals surface area contributed by atoms with E-state index in [0.717, 1.165) is 5.76 Å². The van der Waals surface area contributed by atoms with Crippen LogP contribution in [-0.2, 0) is 16.0 Å². The highest BCUT2D eigenvalue weighted by Crippen LogP contribution is 2.02. The molecular formula is C9H13NO3. The van der Waals surface area contributed by atoms with Crippen LogP contribution in [0.15, 0.2) is 22.8 Å². The van der Waals surface area contributed by atoms with E-state index in [1.54, 1.807) is 6.26 Å². The summed E-state index contributed by atoms with van der Waals surface area (Å²) in [5, 5.41) is 3.18. The van der Waals surface area contributed by atoms with Crippen LogP contribution >= 0.6 is 0 Å². The predicted molar refractivity (Wildman–Crippen MR) is 46.1 cm³/mol. The molecule has 0 spiro atoms. The average Bonchev–Trinajstić information content (AvgIpc) is 2.69. The highest BCUT2D eigenvalue weighted by Gasteiger charge is 2.13. The summed E-state index contributed by atoms with van der Waals surface area (Å²) in [7, 11) is 0. The summed E-state index contributed by atoms with van der Waals surface area (Å²) in [6, 6.07) is 3.80. The number of nitrogens with one attached hydrogen (secondary N) is 1. The van der Waals surface area contributed by atoms with Gasteiger partial charge < -0.3 is 13.9 Å². The molecule has 0 bridgehead atoms. The molecule has 1 aromatic heterocycles. The molecule has 1 saturated heterocycles. The molecule has 0 amide bonds. The van der Waals surface area contributed by atoms with Crippen molar-refractivity contribution in [1.29, 1.82) is 0 Å². The summed E-state index contributed by atoms with van der Waals surface area (Å²) in [5.41, 5.74) is 0. The Balaban J connectivity index is 1.72. The maximum atomic E-state index is 5.40. The summed E-state index contributed by atoms with van der Waals surface area (Å²) in [5.74, 6) is 0.911. The van der Waals surface area contributed by atoms with E-state index in [9.17, 15) is 0 Å². The van der Waals surface area contributed by atoms with Crippen LogP contribution in [0.1, 0.15) is 5.76 Å². The lowest BCUT2D eigenvalue weighted by Gasteiger charge is -2.23. The normalized spacial score (nSPS) is 23.2. The van der Waals surface area contributed by atoms with Crippen molar-refractivity contribution in [2.24, 2.45) is 0 Å². The Labute approximate surface area is 76.8 Å². The average molecular weight is 183 g/mol. The zero-order chi connectivity index (χ0) is 8.93. The summed E-state index contributed by atoms with van der Waals surface area (Å²) >= 11 is 0. The fraction of sp³-hybridized carbons (Fsp3) is 0.556. The number of hydrogen-bond donors (Lipinski definition) is 1. The third kappa shape index (κ3) is 2.55. The fourth-order valence-corrected chi connectivity index (χ4v) is 1.23. The van der Waals surface area contributed by atoms with Crippen molar-refractivity contribution in [3.05, 3.63) is 24.2 Å². The zero-order valence-electron chi connectivity index (χ0n) is 7.36. The van der Waals surface area contributed by atoms with E-state index >= 15 is 0 Å². The molecule has 0 aliphatic carbocycles. The fourth-order valence-electron chi connectivity index (χ4n) is 1.23. The SMILES string of the molecule is c1coc(CNC2COCCO2)c1. The molecule has 4 nitrogen and oxygen atoms in total. The number of furan rings is 1. The van der Waals surface area contributed by atoms with Gasteiger partial charge in [-0.1, -0.05) is 0 Å². The minimum absolute atomic E-state index is 0.00106. The van der Waals surface area contributed by atoms with Crippen LogP contribution in [0.5, 0.6) is 0 Å². The van der Waals surface area contributed by atoms with Gasteiger partial charge in [0.05, 0.1) is 32.6 Å². The van der Waals surface area contributed by atoms with E-state index in [0.29, 0.717) is 26.4 Å². The Hall–Kier alpha value is -0.840. The van der Waals surface area contributed by atoms with Crippen molar-refractivity contribution in [2.45, 2.75) is 12.8 Å².